The zero-order valence-electron chi connectivity index (χ0n) is 8.70. The van der Waals surface area contributed by atoms with E-state index in [1.807, 2.05) is 0 Å². The minimum absolute atomic E-state index is 0.206. The smallest absolute Gasteiger partial charge is 0.217 e. The van der Waals surface area contributed by atoms with Gasteiger partial charge in [0.2, 0.25) is 5.91 Å². The maximum Gasteiger partial charge on any atom is 0.217 e. The van der Waals surface area contributed by atoms with E-state index in [2.05, 4.69) is 29.6 Å². The van der Waals surface area contributed by atoms with E-state index in [9.17, 15) is 4.79 Å². The van der Waals surface area contributed by atoms with Crippen molar-refractivity contribution in [3.05, 3.63) is 35.5 Å². The number of allylic oxidation sites excluding steroid dienone is 2. The number of carbonyl (C=O) groups excluding carboxylic acids is 1. The average Bonchev–Trinajstić information content (AvgIpc) is 2.62. The predicted octanol–water partition coefficient (Wildman–Crippen LogP) is 1.04. The lowest BCUT2D eigenvalue weighted by Gasteiger charge is -2.10. The Hall–Kier alpha value is -1.35. The van der Waals surface area contributed by atoms with E-state index in [-0.39, 0.29) is 5.91 Å². The zero-order chi connectivity index (χ0) is 10.7. The first kappa shape index (κ1) is 10.2. The first-order valence-corrected chi connectivity index (χ1v) is 5.36. The van der Waals surface area contributed by atoms with Gasteiger partial charge in [-0.1, -0.05) is 29.9 Å². The highest BCUT2D eigenvalue weighted by Crippen LogP contribution is 2.24. The second kappa shape index (κ2) is 4.45. The second-order valence-electron chi connectivity index (χ2n) is 3.98. The summed E-state index contributed by atoms with van der Waals surface area (Å²) in [5.41, 5.74) is 7.91. The molecule has 0 saturated heterocycles. The van der Waals surface area contributed by atoms with Crippen molar-refractivity contribution in [2.24, 2.45) is 5.73 Å². The highest BCUT2D eigenvalue weighted by atomic mass is 16.1. The second-order valence-corrected chi connectivity index (χ2v) is 3.98. The largest absolute Gasteiger partial charge is 0.370 e. The lowest BCUT2D eigenvalue weighted by molar-refractivity contribution is -0.118. The number of nitrogens with one attached hydrogen (secondary N) is 1. The Bertz CT molecular complexity index is 353. The van der Waals surface area contributed by atoms with E-state index in [1.54, 1.807) is 0 Å². The van der Waals surface area contributed by atoms with E-state index in [4.69, 9.17) is 5.73 Å². The minimum Gasteiger partial charge on any atom is -0.370 e. The molecule has 0 fully saturated rings. The molecule has 0 bridgehead atoms. The Morgan fingerprint density at radius 3 is 3.20 bits per heavy atom. The molecule has 15 heavy (non-hydrogen) atoms. The fraction of sp³-hybridized carbons (Fsp3) is 0.417. The van der Waals surface area contributed by atoms with Crippen molar-refractivity contribution < 1.29 is 4.79 Å². The average molecular weight is 204 g/mol. The summed E-state index contributed by atoms with van der Waals surface area (Å²) in [4.78, 5) is 10.6. The van der Waals surface area contributed by atoms with Crippen LogP contribution in [0, 0.1) is 0 Å². The quantitative estimate of drug-likeness (QED) is 0.718. The number of primary amides is 1. The SMILES string of the molecule is NC(=O)CCCC1=C2C=CC=CC2NC1. The van der Waals surface area contributed by atoms with Crippen molar-refractivity contribution in [3.63, 3.8) is 0 Å². The topological polar surface area (TPSA) is 55.1 Å². The molecule has 1 unspecified atom stereocenters. The number of fused-ring (bicyclic) bond motifs is 1. The molecule has 3 N–H and O–H groups in total. The molecular weight excluding hydrogens is 188 g/mol. The maximum absolute atomic E-state index is 10.6. The molecule has 0 aromatic heterocycles. The fourth-order valence-corrected chi connectivity index (χ4v) is 2.10. The van der Waals surface area contributed by atoms with Gasteiger partial charge in [0.1, 0.15) is 0 Å². The van der Waals surface area contributed by atoms with Crippen molar-refractivity contribution in [2.45, 2.75) is 25.3 Å². The summed E-state index contributed by atoms with van der Waals surface area (Å²) in [7, 11) is 0. The molecule has 0 aromatic carbocycles. The van der Waals surface area contributed by atoms with Gasteiger partial charge < -0.3 is 11.1 Å². The number of carbonyl (C=O) groups is 1. The third-order valence-electron chi connectivity index (χ3n) is 2.87. The minimum atomic E-state index is -0.206. The van der Waals surface area contributed by atoms with Gasteiger partial charge in [0.15, 0.2) is 0 Å². The Morgan fingerprint density at radius 1 is 1.53 bits per heavy atom. The molecule has 0 aromatic rings. The monoisotopic (exact) mass is 204 g/mol. The van der Waals surface area contributed by atoms with Crippen LogP contribution in [0.1, 0.15) is 19.3 Å². The molecule has 2 rings (SSSR count). The molecule has 1 amide bonds. The Labute approximate surface area is 89.7 Å². The van der Waals surface area contributed by atoms with Gasteiger partial charge in [-0.25, -0.2) is 0 Å². The normalized spacial score (nSPS) is 23.3. The third-order valence-corrected chi connectivity index (χ3v) is 2.87. The lowest BCUT2D eigenvalue weighted by Crippen LogP contribution is -2.22. The summed E-state index contributed by atoms with van der Waals surface area (Å²) in [5, 5.41) is 3.42. The van der Waals surface area contributed by atoms with Crippen molar-refractivity contribution >= 4 is 5.91 Å². The summed E-state index contributed by atoms with van der Waals surface area (Å²) in [6, 6.07) is 0.388. The van der Waals surface area contributed by atoms with E-state index in [0.717, 1.165) is 19.4 Å². The molecule has 1 aliphatic carbocycles. The Morgan fingerprint density at radius 2 is 2.40 bits per heavy atom. The highest BCUT2D eigenvalue weighted by Gasteiger charge is 2.21. The summed E-state index contributed by atoms with van der Waals surface area (Å²) in [6.07, 6.45) is 10.8. The summed E-state index contributed by atoms with van der Waals surface area (Å²) in [6.45, 7) is 0.938. The standard InChI is InChI=1S/C12H16N2O/c13-12(15)7-3-4-9-8-14-11-6-2-1-5-10(9)11/h1-2,5-6,11,14H,3-4,7-8H2,(H2,13,15). The molecule has 1 aliphatic heterocycles. The van der Waals surface area contributed by atoms with Crippen LogP contribution in [0.15, 0.2) is 35.5 Å². The van der Waals surface area contributed by atoms with Gasteiger partial charge in [0, 0.05) is 13.0 Å². The van der Waals surface area contributed by atoms with Crippen LogP contribution >= 0.6 is 0 Å². The van der Waals surface area contributed by atoms with Crippen molar-refractivity contribution in [1.29, 1.82) is 0 Å². The molecule has 80 valence electrons. The number of rotatable bonds is 4. The van der Waals surface area contributed by atoms with Crippen LogP contribution in [0.3, 0.4) is 0 Å². The van der Waals surface area contributed by atoms with Gasteiger partial charge in [0.05, 0.1) is 6.04 Å². The Balaban J connectivity index is 1.94. The molecule has 1 heterocycles. The molecule has 0 saturated carbocycles. The summed E-state index contributed by atoms with van der Waals surface area (Å²) >= 11 is 0. The molecule has 2 aliphatic rings. The van der Waals surface area contributed by atoms with Crippen molar-refractivity contribution in [2.75, 3.05) is 6.54 Å². The summed E-state index contributed by atoms with van der Waals surface area (Å²) in [5.74, 6) is -0.206. The van der Waals surface area contributed by atoms with Crippen molar-refractivity contribution in [3.8, 4) is 0 Å². The van der Waals surface area contributed by atoms with Crippen LogP contribution in [0.2, 0.25) is 0 Å². The molecule has 3 nitrogen and oxygen atoms in total. The van der Waals surface area contributed by atoms with Gasteiger partial charge in [-0.2, -0.15) is 0 Å². The van der Waals surface area contributed by atoms with Gasteiger partial charge in [0.25, 0.3) is 0 Å². The van der Waals surface area contributed by atoms with E-state index >= 15 is 0 Å². The van der Waals surface area contributed by atoms with Crippen LogP contribution < -0.4 is 11.1 Å². The van der Waals surface area contributed by atoms with E-state index in [0.29, 0.717) is 12.5 Å². The first-order chi connectivity index (χ1) is 7.27. The number of hydrogen-bond donors (Lipinski definition) is 2. The number of hydrogen-bond acceptors (Lipinski definition) is 2. The van der Waals surface area contributed by atoms with Crippen LogP contribution in [-0.2, 0) is 4.79 Å². The van der Waals surface area contributed by atoms with Gasteiger partial charge >= 0.3 is 0 Å². The van der Waals surface area contributed by atoms with Gasteiger partial charge in [-0.05, 0) is 18.4 Å². The predicted molar refractivity (Wildman–Crippen MR) is 60.1 cm³/mol. The molecule has 0 radical (unpaired) electrons. The summed E-state index contributed by atoms with van der Waals surface area (Å²) < 4.78 is 0. The fourth-order valence-electron chi connectivity index (χ4n) is 2.10. The highest BCUT2D eigenvalue weighted by molar-refractivity contribution is 5.73. The lowest BCUT2D eigenvalue weighted by atomic mass is 9.98. The third kappa shape index (κ3) is 2.36. The first-order valence-electron chi connectivity index (χ1n) is 5.36. The van der Waals surface area contributed by atoms with Crippen LogP contribution in [0.5, 0.6) is 0 Å². The Kier molecular flexibility index (Phi) is 3.02. The van der Waals surface area contributed by atoms with Crippen LogP contribution in [0.4, 0.5) is 0 Å². The van der Waals surface area contributed by atoms with Crippen molar-refractivity contribution in [1.82, 2.24) is 5.32 Å². The molecular formula is C12H16N2O. The van der Waals surface area contributed by atoms with E-state index in [1.165, 1.54) is 11.1 Å². The maximum atomic E-state index is 10.6. The van der Waals surface area contributed by atoms with Crippen LogP contribution in [0.25, 0.3) is 0 Å². The zero-order valence-corrected chi connectivity index (χ0v) is 8.70. The van der Waals surface area contributed by atoms with Gasteiger partial charge in [-0.3, -0.25) is 4.79 Å². The van der Waals surface area contributed by atoms with Crippen LogP contribution in [-0.4, -0.2) is 18.5 Å². The molecule has 3 heteroatoms. The number of amides is 1. The molecule has 0 spiro atoms. The number of nitrogens with two attached hydrogens (primary N) is 1. The van der Waals surface area contributed by atoms with Gasteiger partial charge in [-0.15, -0.1) is 0 Å². The molecule has 1 atom stereocenters. The van der Waals surface area contributed by atoms with E-state index < -0.39 is 0 Å².